The lowest BCUT2D eigenvalue weighted by Crippen LogP contribution is -2.07. The first kappa shape index (κ1) is 15.1. The minimum Gasteiger partial charge on any atom is -0.487 e. The molecule has 0 aliphatic carbocycles. The highest BCUT2D eigenvalue weighted by Crippen LogP contribution is 2.29. The zero-order chi connectivity index (χ0) is 14.7. The van der Waals surface area contributed by atoms with E-state index in [-0.39, 0.29) is 0 Å². The van der Waals surface area contributed by atoms with E-state index in [0.717, 1.165) is 28.0 Å². The fourth-order valence-corrected chi connectivity index (χ4v) is 2.46. The maximum atomic E-state index is 9.78. The summed E-state index contributed by atoms with van der Waals surface area (Å²) in [6.45, 7) is 7.00. The van der Waals surface area contributed by atoms with Gasteiger partial charge in [-0.05, 0) is 39.0 Å². The van der Waals surface area contributed by atoms with Gasteiger partial charge in [-0.15, -0.1) is 0 Å². The standard InChI is InChI=1S/C15H19BrN2O2/c1-4-18-13(7-10(2)17-18)9-20-15-8-12(16)5-6-14(15)11(3)19/h5-8,11,19H,4,9H2,1-3H3/t11-/m1/s1. The molecule has 5 heteroatoms. The van der Waals surface area contributed by atoms with Gasteiger partial charge < -0.3 is 9.84 Å². The lowest BCUT2D eigenvalue weighted by Gasteiger charge is -2.14. The topological polar surface area (TPSA) is 47.3 Å². The zero-order valence-electron chi connectivity index (χ0n) is 11.9. The third kappa shape index (κ3) is 3.41. The number of aliphatic hydroxyl groups excluding tert-OH is 1. The van der Waals surface area contributed by atoms with Crippen molar-refractivity contribution >= 4 is 15.9 Å². The van der Waals surface area contributed by atoms with Gasteiger partial charge in [-0.25, -0.2) is 0 Å². The summed E-state index contributed by atoms with van der Waals surface area (Å²) >= 11 is 3.42. The molecular formula is C15H19BrN2O2. The van der Waals surface area contributed by atoms with Crippen molar-refractivity contribution in [2.75, 3.05) is 0 Å². The van der Waals surface area contributed by atoms with Crippen molar-refractivity contribution in [1.29, 1.82) is 0 Å². The lowest BCUT2D eigenvalue weighted by molar-refractivity contribution is 0.189. The molecule has 1 atom stereocenters. The fourth-order valence-electron chi connectivity index (χ4n) is 2.12. The Kier molecular flexibility index (Phi) is 4.83. The van der Waals surface area contributed by atoms with E-state index in [9.17, 15) is 5.11 Å². The molecule has 0 amide bonds. The van der Waals surface area contributed by atoms with Gasteiger partial charge in [-0.2, -0.15) is 5.10 Å². The van der Waals surface area contributed by atoms with Gasteiger partial charge in [0.15, 0.2) is 0 Å². The number of hydrogen-bond acceptors (Lipinski definition) is 3. The Hall–Kier alpha value is -1.33. The van der Waals surface area contributed by atoms with E-state index in [2.05, 4.69) is 28.0 Å². The number of aliphatic hydroxyl groups is 1. The van der Waals surface area contributed by atoms with Crippen LogP contribution < -0.4 is 4.74 Å². The van der Waals surface area contributed by atoms with Gasteiger partial charge in [0.25, 0.3) is 0 Å². The summed E-state index contributed by atoms with van der Waals surface area (Å²) in [6, 6.07) is 7.66. The van der Waals surface area contributed by atoms with Crippen molar-refractivity contribution in [3.05, 3.63) is 45.7 Å². The van der Waals surface area contributed by atoms with Crippen LogP contribution >= 0.6 is 15.9 Å². The average molecular weight is 339 g/mol. The predicted molar refractivity (Wildman–Crippen MR) is 81.7 cm³/mol. The van der Waals surface area contributed by atoms with Crippen LogP contribution in [0.3, 0.4) is 0 Å². The van der Waals surface area contributed by atoms with Crippen LogP contribution in [0.5, 0.6) is 5.75 Å². The summed E-state index contributed by atoms with van der Waals surface area (Å²) in [4.78, 5) is 0. The van der Waals surface area contributed by atoms with E-state index in [1.165, 1.54) is 0 Å². The average Bonchev–Trinajstić information content (AvgIpc) is 2.76. The first-order chi connectivity index (χ1) is 9.51. The van der Waals surface area contributed by atoms with E-state index in [1.54, 1.807) is 6.92 Å². The molecule has 1 aromatic heterocycles. The van der Waals surface area contributed by atoms with E-state index in [1.807, 2.05) is 35.9 Å². The molecule has 2 aromatic rings. The lowest BCUT2D eigenvalue weighted by atomic mass is 10.1. The van der Waals surface area contributed by atoms with Crippen LogP contribution in [-0.4, -0.2) is 14.9 Å². The third-order valence-corrected chi connectivity index (χ3v) is 3.58. The normalized spacial score (nSPS) is 12.4. The number of ether oxygens (including phenoxy) is 1. The Balaban J connectivity index is 2.20. The molecule has 0 unspecified atom stereocenters. The summed E-state index contributed by atoms with van der Waals surface area (Å²) in [5.74, 6) is 0.691. The molecule has 1 heterocycles. The number of aromatic nitrogens is 2. The molecule has 0 saturated carbocycles. The number of aryl methyl sites for hydroxylation is 2. The van der Waals surface area contributed by atoms with Crippen molar-refractivity contribution in [1.82, 2.24) is 9.78 Å². The van der Waals surface area contributed by atoms with Crippen molar-refractivity contribution in [3.8, 4) is 5.75 Å². The first-order valence-electron chi connectivity index (χ1n) is 6.65. The molecule has 0 aliphatic rings. The molecule has 4 nitrogen and oxygen atoms in total. The monoisotopic (exact) mass is 338 g/mol. The Morgan fingerprint density at radius 3 is 2.80 bits per heavy atom. The summed E-state index contributed by atoms with van der Waals surface area (Å²) in [5, 5.41) is 14.2. The van der Waals surface area contributed by atoms with Gasteiger partial charge in [0, 0.05) is 16.6 Å². The van der Waals surface area contributed by atoms with Gasteiger partial charge in [0.05, 0.1) is 17.5 Å². The maximum absolute atomic E-state index is 9.78. The Bertz CT molecular complexity index is 594. The Morgan fingerprint density at radius 2 is 2.15 bits per heavy atom. The Labute approximate surface area is 127 Å². The third-order valence-electron chi connectivity index (χ3n) is 3.09. The quantitative estimate of drug-likeness (QED) is 0.905. The largest absolute Gasteiger partial charge is 0.487 e. The van der Waals surface area contributed by atoms with Crippen molar-refractivity contribution in [2.24, 2.45) is 0 Å². The van der Waals surface area contributed by atoms with Gasteiger partial charge in [0.2, 0.25) is 0 Å². The summed E-state index contributed by atoms with van der Waals surface area (Å²) in [6.07, 6.45) is -0.559. The van der Waals surface area contributed by atoms with E-state index in [0.29, 0.717) is 12.4 Å². The van der Waals surface area contributed by atoms with Crippen molar-refractivity contribution in [2.45, 2.75) is 40.0 Å². The summed E-state index contributed by atoms with van der Waals surface area (Å²) < 4.78 is 8.72. The second-order valence-corrected chi connectivity index (χ2v) is 5.66. The van der Waals surface area contributed by atoms with E-state index >= 15 is 0 Å². The smallest absolute Gasteiger partial charge is 0.130 e. The Morgan fingerprint density at radius 1 is 1.40 bits per heavy atom. The molecule has 20 heavy (non-hydrogen) atoms. The molecule has 0 spiro atoms. The van der Waals surface area contributed by atoms with Crippen LogP contribution in [0.4, 0.5) is 0 Å². The SMILES string of the molecule is CCn1nc(C)cc1COc1cc(Br)ccc1[C@@H](C)O. The molecule has 0 bridgehead atoms. The highest BCUT2D eigenvalue weighted by atomic mass is 79.9. The predicted octanol–water partition coefficient (Wildman–Crippen LogP) is 3.61. The number of nitrogens with zero attached hydrogens (tertiary/aromatic N) is 2. The van der Waals surface area contributed by atoms with Gasteiger partial charge >= 0.3 is 0 Å². The van der Waals surface area contributed by atoms with Crippen molar-refractivity contribution < 1.29 is 9.84 Å². The van der Waals surface area contributed by atoms with Crippen LogP contribution in [0, 0.1) is 6.92 Å². The number of hydrogen-bond donors (Lipinski definition) is 1. The highest BCUT2D eigenvalue weighted by molar-refractivity contribution is 9.10. The molecule has 0 saturated heterocycles. The molecule has 0 fully saturated rings. The number of benzene rings is 1. The van der Waals surface area contributed by atoms with Crippen LogP contribution in [0.2, 0.25) is 0 Å². The second kappa shape index (κ2) is 6.41. The second-order valence-electron chi connectivity index (χ2n) is 4.74. The summed E-state index contributed by atoms with van der Waals surface area (Å²) in [5.41, 5.74) is 2.80. The first-order valence-corrected chi connectivity index (χ1v) is 7.44. The van der Waals surface area contributed by atoms with Crippen LogP contribution in [0.15, 0.2) is 28.7 Å². The molecule has 1 aromatic carbocycles. The number of rotatable bonds is 5. The van der Waals surface area contributed by atoms with Crippen LogP contribution in [0.25, 0.3) is 0 Å². The molecule has 2 rings (SSSR count). The highest BCUT2D eigenvalue weighted by Gasteiger charge is 2.11. The molecule has 0 aliphatic heterocycles. The zero-order valence-corrected chi connectivity index (χ0v) is 13.5. The number of halogens is 1. The molecule has 0 radical (unpaired) electrons. The van der Waals surface area contributed by atoms with Gasteiger partial charge in [-0.1, -0.05) is 22.0 Å². The molecule has 108 valence electrons. The van der Waals surface area contributed by atoms with Crippen LogP contribution in [-0.2, 0) is 13.2 Å². The van der Waals surface area contributed by atoms with Gasteiger partial charge in [0.1, 0.15) is 12.4 Å². The minimum absolute atomic E-state index is 0.435. The molecule has 1 N–H and O–H groups in total. The van der Waals surface area contributed by atoms with Crippen molar-refractivity contribution in [3.63, 3.8) is 0 Å². The maximum Gasteiger partial charge on any atom is 0.130 e. The van der Waals surface area contributed by atoms with E-state index < -0.39 is 6.10 Å². The molecular weight excluding hydrogens is 320 g/mol. The minimum atomic E-state index is -0.559. The van der Waals surface area contributed by atoms with E-state index in [4.69, 9.17) is 4.74 Å². The van der Waals surface area contributed by atoms with Crippen LogP contribution in [0.1, 0.15) is 36.9 Å². The fraction of sp³-hybridized carbons (Fsp3) is 0.400. The van der Waals surface area contributed by atoms with Gasteiger partial charge in [-0.3, -0.25) is 4.68 Å². The summed E-state index contributed by atoms with van der Waals surface area (Å²) in [7, 11) is 0.